The fourth-order valence-corrected chi connectivity index (χ4v) is 2.73. The Bertz CT molecular complexity index is 706. The summed E-state index contributed by atoms with van der Waals surface area (Å²) in [4.78, 5) is 23.4. The number of aromatic carboxylic acids is 1. The summed E-state index contributed by atoms with van der Waals surface area (Å²) in [5.74, 6) is -1.17. The number of halogens is 1. The van der Waals surface area contributed by atoms with Gasteiger partial charge in [0.05, 0.1) is 5.52 Å². The van der Waals surface area contributed by atoms with Crippen molar-refractivity contribution in [1.29, 1.82) is 0 Å². The molecule has 5 heteroatoms. The van der Waals surface area contributed by atoms with Crippen molar-refractivity contribution < 1.29 is 9.90 Å². The van der Waals surface area contributed by atoms with Crippen LogP contribution in [0, 0.1) is 3.57 Å². The molecule has 0 aliphatic heterocycles. The van der Waals surface area contributed by atoms with Crippen molar-refractivity contribution in [2.24, 2.45) is 0 Å². The van der Waals surface area contributed by atoms with Crippen LogP contribution in [-0.4, -0.2) is 15.6 Å². The van der Waals surface area contributed by atoms with Gasteiger partial charge < -0.3 is 9.67 Å². The SMILES string of the molecule is CCCCCn1cc(C(=O)O)c(=O)c2cc(I)ccc21. The molecular formula is C15H16INO3. The van der Waals surface area contributed by atoms with Crippen LogP contribution in [0.4, 0.5) is 0 Å². The van der Waals surface area contributed by atoms with E-state index in [9.17, 15) is 14.7 Å². The second kappa shape index (κ2) is 6.39. The van der Waals surface area contributed by atoms with E-state index in [2.05, 4.69) is 29.5 Å². The average molecular weight is 385 g/mol. The normalized spacial score (nSPS) is 10.9. The molecule has 1 heterocycles. The van der Waals surface area contributed by atoms with Gasteiger partial charge in [-0.25, -0.2) is 4.79 Å². The summed E-state index contributed by atoms with van der Waals surface area (Å²) in [6.45, 7) is 2.85. The second-order valence-corrected chi connectivity index (χ2v) is 5.98. The van der Waals surface area contributed by atoms with Crippen molar-refractivity contribution >= 4 is 39.5 Å². The molecule has 0 aliphatic rings. The Labute approximate surface area is 130 Å². The van der Waals surface area contributed by atoms with E-state index < -0.39 is 11.4 Å². The first kappa shape index (κ1) is 15.0. The van der Waals surface area contributed by atoms with Gasteiger partial charge in [-0.1, -0.05) is 19.8 Å². The highest BCUT2D eigenvalue weighted by Crippen LogP contribution is 2.17. The van der Waals surface area contributed by atoms with Crippen molar-refractivity contribution in [2.45, 2.75) is 32.7 Å². The maximum atomic E-state index is 12.2. The Hall–Kier alpha value is -1.37. The molecule has 0 saturated carbocycles. The lowest BCUT2D eigenvalue weighted by molar-refractivity contribution is 0.0695. The molecule has 2 aromatic rings. The number of aromatic nitrogens is 1. The van der Waals surface area contributed by atoms with Gasteiger partial charge in [0.25, 0.3) is 0 Å². The first-order valence-corrected chi connectivity index (χ1v) is 7.68. The Kier molecular flexibility index (Phi) is 4.80. The van der Waals surface area contributed by atoms with Crippen molar-refractivity contribution in [3.8, 4) is 0 Å². The van der Waals surface area contributed by atoms with Crippen LogP contribution in [0.2, 0.25) is 0 Å². The molecule has 106 valence electrons. The van der Waals surface area contributed by atoms with Gasteiger partial charge in [0.1, 0.15) is 5.56 Å². The summed E-state index contributed by atoms with van der Waals surface area (Å²) in [7, 11) is 0. The Morgan fingerprint density at radius 3 is 2.75 bits per heavy atom. The minimum atomic E-state index is -1.17. The van der Waals surface area contributed by atoms with Crippen LogP contribution in [-0.2, 0) is 6.54 Å². The summed E-state index contributed by atoms with van der Waals surface area (Å²) >= 11 is 2.12. The van der Waals surface area contributed by atoms with Gasteiger partial charge in [-0.05, 0) is 47.2 Å². The summed E-state index contributed by atoms with van der Waals surface area (Å²) in [6.07, 6.45) is 4.62. The van der Waals surface area contributed by atoms with Crippen LogP contribution in [0.3, 0.4) is 0 Å². The van der Waals surface area contributed by atoms with Gasteiger partial charge >= 0.3 is 5.97 Å². The topological polar surface area (TPSA) is 59.3 Å². The third-order valence-corrected chi connectivity index (χ3v) is 3.95. The van der Waals surface area contributed by atoms with Crippen molar-refractivity contribution in [2.75, 3.05) is 0 Å². The average Bonchev–Trinajstić information content (AvgIpc) is 2.41. The summed E-state index contributed by atoms with van der Waals surface area (Å²) in [6, 6.07) is 5.57. The van der Waals surface area contributed by atoms with Gasteiger partial charge in [0.15, 0.2) is 0 Å². The zero-order valence-electron chi connectivity index (χ0n) is 11.2. The molecule has 0 amide bonds. The molecule has 0 radical (unpaired) electrons. The highest BCUT2D eigenvalue weighted by molar-refractivity contribution is 14.1. The smallest absolute Gasteiger partial charge is 0.341 e. The van der Waals surface area contributed by atoms with E-state index in [1.54, 1.807) is 6.07 Å². The van der Waals surface area contributed by atoms with Crippen LogP contribution in [0.25, 0.3) is 10.9 Å². The number of fused-ring (bicyclic) bond motifs is 1. The number of pyridine rings is 1. The Morgan fingerprint density at radius 2 is 2.10 bits per heavy atom. The number of unbranched alkanes of at least 4 members (excludes halogenated alkanes) is 2. The lowest BCUT2D eigenvalue weighted by Gasteiger charge is -2.12. The molecule has 0 unspecified atom stereocenters. The number of aryl methyl sites for hydroxylation is 1. The number of carbonyl (C=O) groups is 1. The maximum absolute atomic E-state index is 12.2. The van der Waals surface area contributed by atoms with Crippen LogP contribution >= 0.6 is 22.6 Å². The van der Waals surface area contributed by atoms with Gasteiger partial charge in [0.2, 0.25) is 5.43 Å². The number of carboxylic acid groups (broad SMARTS) is 1. The zero-order chi connectivity index (χ0) is 14.7. The molecule has 0 fully saturated rings. The largest absolute Gasteiger partial charge is 0.477 e. The lowest BCUT2D eigenvalue weighted by Crippen LogP contribution is -2.19. The minimum absolute atomic E-state index is 0.156. The highest BCUT2D eigenvalue weighted by Gasteiger charge is 2.14. The van der Waals surface area contributed by atoms with Gasteiger partial charge in [0, 0.05) is 21.7 Å². The van der Waals surface area contributed by atoms with E-state index in [4.69, 9.17) is 0 Å². The minimum Gasteiger partial charge on any atom is -0.477 e. The fourth-order valence-electron chi connectivity index (χ4n) is 2.24. The molecule has 1 aromatic heterocycles. The second-order valence-electron chi connectivity index (χ2n) is 4.74. The molecule has 1 N–H and O–H groups in total. The van der Waals surface area contributed by atoms with E-state index in [1.165, 1.54) is 6.20 Å². The number of carboxylic acids is 1. The van der Waals surface area contributed by atoms with Crippen LogP contribution < -0.4 is 5.43 Å². The lowest BCUT2D eigenvalue weighted by atomic mass is 10.1. The molecule has 0 spiro atoms. The summed E-state index contributed by atoms with van der Waals surface area (Å²) in [5, 5.41) is 9.66. The third-order valence-electron chi connectivity index (χ3n) is 3.28. The van der Waals surface area contributed by atoms with E-state index in [0.29, 0.717) is 5.39 Å². The van der Waals surface area contributed by atoms with Crippen LogP contribution in [0.15, 0.2) is 29.2 Å². The van der Waals surface area contributed by atoms with Crippen LogP contribution in [0.1, 0.15) is 36.5 Å². The van der Waals surface area contributed by atoms with E-state index in [-0.39, 0.29) is 5.56 Å². The predicted molar refractivity (Wildman–Crippen MR) is 87.4 cm³/mol. The monoisotopic (exact) mass is 385 g/mol. The molecule has 2 rings (SSSR count). The molecule has 0 saturated heterocycles. The molecule has 0 aliphatic carbocycles. The Balaban J connectivity index is 2.63. The molecule has 20 heavy (non-hydrogen) atoms. The van der Waals surface area contributed by atoms with E-state index in [1.807, 2.05) is 16.7 Å². The third kappa shape index (κ3) is 3.03. The maximum Gasteiger partial charge on any atom is 0.341 e. The predicted octanol–water partition coefficient (Wildman–Crippen LogP) is 3.49. The molecule has 1 aromatic carbocycles. The van der Waals surface area contributed by atoms with Crippen LogP contribution in [0.5, 0.6) is 0 Å². The van der Waals surface area contributed by atoms with Crippen molar-refractivity contribution in [1.82, 2.24) is 4.57 Å². The Morgan fingerprint density at radius 1 is 1.35 bits per heavy atom. The highest BCUT2D eigenvalue weighted by atomic mass is 127. The van der Waals surface area contributed by atoms with Gasteiger partial charge in [-0.2, -0.15) is 0 Å². The zero-order valence-corrected chi connectivity index (χ0v) is 13.4. The number of hydrogen-bond donors (Lipinski definition) is 1. The summed E-state index contributed by atoms with van der Waals surface area (Å²) in [5.41, 5.74) is 0.241. The molecule has 0 bridgehead atoms. The van der Waals surface area contributed by atoms with Gasteiger partial charge in [-0.15, -0.1) is 0 Å². The number of hydrogen-bond acceptors (Lipinski definition) is 2. The number of benzene rings is 1. The first-order chi connectivity index (χ1) is 9.54. The first-order valence-electron chi connectivity index (χ1n) is 6.60. The van der Waals surface area contributed by atoms with E-state index in [0.717, 1.165) is 34.9 Å². The number of nitrogens with zero attached hydrogens (tertiary/aromatic N) is 1. The molecule has 4 nitrogen and oxygen atoms in total. The molecular weight excluding hydrogens is 369 g/mol. The fraction of sp³-hybridized carbons (Fsp3) is 0.333. The van der Waals surface area contributed by atoms with Crippen molar-refractivity contribution in [3.05, 3.63) is 43.8 Å². The standard InChI is InChI=1S/C15H16INO3/c1-2-3-4-7-17-9-12(15(19)20)14(18)11-8-10(16)5-6-13(11)17/h5-6,8-9H,2-4,7H2,1H3,(H,19,20). The quantitative estimate of drug-likeness (QED) is 0.633. The van der Waals surface area contributed by atoms with Gasteiger partial charge in [-0.3, -0.25) is 4.79 Å². The van der Waals surface area contributed by atoms with E-state index >= 15 is 0 Å². The number of rotatable bonds is 5. The molecule has 0 atom stereocenters. The van der Waals surface area contributed by atoms with Crippen molar-refractivity contribution in [3.63, 3.8) is 0 Å². The summed E-state index contributed by atoms with van der Waals surface area (Å²) < 4.78 is 2.81.